The van der Waals surface area contributed by atoms with E-state index in [0.29, 0.717) is 40.5 Å². The molecule has 4 aromatic rings. The van der Waals surface area contributed by atoms with Crippen molar-refractivity contribution in [2.24, 2.45) is 5.73 Å². The van der Waals surface area contributed by atoms with E-state index >= 15 is 0 Å². The maximum atomic E-state index is 13.9. The predicted octanol–water partition coefficient (Wildman–Crippen LogP) is 4.04. The maximum Gasteiger partial charge on any atom is 0.250 e. The maximum absolute atomic E-state index is 13.9. The Balaban J connectivity index is 1.51. The molecule has 0 bridgehead atoms. The zero-order valence-electron chi connectivity index (χ0n) is 16.8. The van der Waals surface area contributed by atoms with E-state index in [0.717, 1.165) is 17.7 Å². The van der Waals surface area contributed by atoms with Crippen LogP contribution in [0.5, 0.6) is 0 Å². The fourth-order valence-electron chi connectivity index (χ4n) is 3.46. The van der Waals surface area contributed by atoms with Crippen LogP contribution in [0.3, 0.4) is 0 Å². The lowest BCUT2D eigenvalue weighted by Gasteiger charge is -2.11. The number of benzene rings is 3. The third-order valence-corrected chi connectivity index (χ3v) is 4.98. The number of fused-ring (bicyclic) bond motifs is 1. The van der Waals surface area contributed by atoms with E-state index in [1.165, 1.54) is 6.33 Å². The number of carbonyl (C=O) groups is 2. The summed E-state index contributed by atoms with van der Waals surface area (Å²) in [6.07, 6.45) is 1.33. The Labute approximate surface area is 182 Å². The van der Waals surface area contributed by atoms with E-state index < -0.39 is 23.3 Å². The summed E-state index contributed by atoms with van der Waals surface area (Å²) in [4.78, 5) is 32.5. The summed E-state index contributed by atoms with van der Waals surface area (Å²) < 4.78 is 27.0. The van der Waals surface area contributed by atoms with E-state index in [1.807, 2.05) is 12.1 Å². The van der Waals surface area contributed by atoms with Crippen LogP contribution in [0.2, 0.25) is 0 Å². The molecule has 0 saturated heterocycles. The minimum atomic E-state index is -0.876. The number of amides is 1. The molecule has 0 fully saturated rings. The second kappa shape index (κ2) is 8.89. The van der Waals surface area contributed by atoms with Crippen LogP contribution >= 0.6 is 0 Å². The fourth-order valence-corrected chi connectivity index (χ4v) is 3.46. The van der Waals surface area contributed by atoms with Crippen LogP contribution in [0.25, 0.3) is 10.9 Å². The van der Waals surface area contributed by atoms with Crippen molar-refractivity contribution < 1.29 is 18.4 Å². The highest BCUT2D eigenvalue weighted by Gasteiger charge is 2.14. The van der Waals surface area contributed by atoms with Gasteiger partial charge in [0, 0.05) is 24.4 Å². The molecule has 4 rings (SSSR count). The molecule has 0 unspecified atom stereocenters. The van der Waals surface area contributed by atoms with Gasteiger partial charge in [0.05, 0.1) is 16.6 Å². The lowest BCUT2D eigenvalue weighted by atomic mass is 10.0. The largest absolute Gasteiger partial charge is 0.366 e. The van der Waals surface area contributed by atoms with Crippen LogP contribution in [0, 0.1) is 11.6 Å². The summed E-state index contributed by atoms with van der Waals surface area (Å²) in [5.74, 6) is -2.08. The van der Waals surface area contributed by atoms with E-state index in [-0.39, 0.29) is 12.0 Å². The van der Waals surface area contributed by atoms with Crippen molar-refractivity contribution in [1.29, 1.82) is 0 Å². The molecule has 1 aromatic heterocycles. The lowest BCUT2D eigenvalue weighted by Crippen LogP contribution is -2.12. The average molecular weight is 432 g/mol. The van der Waals surface area contributed by atoms with Gasteiger partial charge in [0.15, 0.2) is 5.78 Å². The SMILES string of the molecule is NC(=O)c1cccc2c(NCc3cccc(CC(=O)c4ccc(F)cc4F)c3)ncnc12. The molecule has 0 aliphatic carbocycles. The van der Waals surface area contributed by atoms with Crippen LogP contribution in [-0.4, -0.2) is 21.7 Å². The van der Waals surface area contributed by atoms with E-state index in [1.54, 1.807) is 30.3 Å². The number of anilines is 1. The number of ketones is 1. The number of hydrogen-bond donors (Lipinski definition) is 2. The summed E-state index contributed by atoms with van der Waals surface area (Å²) in [5, 5.41) is 3.86. The zero-order chi connectivity index (χ0) is 22.7. The Bertz CT molecular complexity index is 1340. The Morgan fingerprint density at radius 3 is 2.47 bits per heavy atom. The van der Waals surface area contributed by atoms with Crippen LogP contribution in [0.4, 0.5) is 14.6 Å². The normalized spacial score (nSPS) is 10.8. The van der Waals surface area contributed by atoms with Crippen LogP contribution in [-0.2, 0) is 13.0 Å². The first-order valence-electron chi connectivity index (χ1n) is 9.76. The second-order valence-corrected chi connectivity index (χ2v) is 7.19. The molecule has 0 saturated carbocycles. The highest BCUT2D eigenvalue weighted by Crippen LogP contribution is 2.23. The van der Waals surface area contributed by atoms with Crippen LogP contribution in [0.15, 0.2) is 67.0 Å². The Hall–Kier alpha value is -4.20. The number of rotatable bonds is 7. The first-order chi connectivity index (χ1) is 15.4. The molecule has 3 N–H and O–H groups in total. The van der Waals surface area contributed by atoms with Gasteiger partial charge in [-0.25, -0.2) is 18.7 Å². The minimum absolute atomic E-state index is 0.0190. The van der Waals surface area contributed by atoms with Gasteiger partial charge in [-0.15, -0.1) is 0 Å². The van der Waals surface area contributed by atoms with Gasteiger partial charge in [-0.2, -0.15) is 0 Å². The van der Waals surface area contributed by atoms with Crippen molar-refractivity contribution in [2.45, 2.75) is 13.0 Å². The molecule has 0 atom stereocenters. The topological polar surface area (TPSA) is 98.0 Å². The number of nitrogens with one attached hydrogen (secondary N) is 1. The Morgan fingerprint density at radius 2 is 1.69 bits per heavy atom. The van der Waals surface area contributed by atoms with Crippen LogP contribution < -0.4 is 11.1 Å². The molecule has 1 amide bonds. The molecule has 0 spiro atoms. The molecule has 8 heteroatoms. The van der Waals surface area contributed by atoms with Gasteiger partial charge >= 0.3 is 0 Å². The molecule has 32 heavy (non-hydrogen) atoms. The molecular formula is C24H18F2N4O2. The third-order valence-electron chi connectivity index (χ3n) is 4.98. The summed E-state index contributed by atoms with van der Waals surface area (Å²) in [7, 11) is 0. The van der Waals surface area contributed by atoms with Gasteiger partial charge in [-0.3, -0.25) is 9.59 Å². The zero-order valence-corrected chi connectivity index (χ0v) is 16.8. The number of halogens is 2. The number of primary amides is 1. The number of aromatic nitrogens is 2. The summed E-state index contributed by atoms with van der Waals surface area (Å²) in [6.45, 7) is 0.389. The van der Waals surface area contributed by atoms with E-state index in [9.17, 15) is 18.4 Å². The number of Topliss-reactive ketones (excluding diaryl/α,β-unsaturated/α-hetero) is 1. The summed E-state index contributed by atoms with van der Waals surface area (Å²) in [5.41, 5.74) is 7.60. The molecule has 3 aromatic carbocycles. The third kappa shape index (κ3) is 4.44. The monoisotopic (exact) mass is 432 g/mol. The Morgan fingerprint density at radius 1 is 0.906 bits per heavy atom. The summed E-state index contributed by atoms with van der Waals surface area (Å²) in [6, 6.07) is 15.3. The van der Waals surface area contributed by atoms with Crippen molar-refractivity contribution in [3.05, 3.63) is 101 Å². The quantitative estimate of drug-likeness (QED) is 0.430. The second-order valence-electron chi connectivity index (χ2n) is 7.19. The van der Waals surface area contributed by atoms with Gasteiger partial charge in [-0.05, 0) is 35.4 Å². The van der Waals surface area contributed by atoms with Gasteiger partial charge in [0.2, 0.25) is 0 Å². The molecule has 6 nitrogen and oxygen atoms in total. The minimum Gasteiger partial charge on any atom is -0.366 e. The fraction of sp³-hybridized carbons (Fsp3) is 0.0833. The van der Waals surface area contributed by atoms with Crippen molar-refractivity contribution in [1.82, 2.24) is 9.97 Å². The number of para-hydroxylation sites is 1. The summed E-state index contributed by atoms with van der Waals surface area (Å²) >= 11 is 0. The highest BCUT2D eigenvalue weighted by atomic mass is 19.1. The van der Waals surface area contributed by atoms with Crippen molar-refractivity contribution in [3.63, 3.8) is 0 Å². The van der Waals surface area contributed by atoms with E-state index in [2.05, 4.69) is 15.3 Å². The molecule has 0 aliphatic heterocycles. The number of nitrogens with two attached hydrogens (primary N) is 1. The predicted molar refractivity (Wildman–Crippen MR) is 116 cm³/mol. The number of nitrogens with zero attached hydrogens (tertiary/aromatic N) is 2. The van der Waals surface area contributed by atoms with Gasteiger partial charge < -0.3 is 11.1 Å². The smallest absolute Gasteiger partial charge is 0.250 e. The molecule has 0 aliphatic rings. The van der Waals surface area contributed by atoms with Gasteiger partial charge in [0.25, 0.3) is 5.91 Å². The van der Waals surface area contributed by atoms with Gasteiger partial charge in [-0.1, -0.05) is 30.3 Å². The molecule has 1 heterocycles. The highest BCUT2D eigenvalue weighted by molar-refractivity contribution is 6.06. The number of carbonyl (C=O) groups excluding carboxylic acids is 2. The van der Waals surface area contributed by atoms with Crippen molar-refractivity contribution in [3.8, 4) is 0 Å². The van der Waals surface area contributed by atoms with Crippen molar-refractivity contribution >= 4 is 28.4 Å². The molecule has 160 valence electrons. The first-order valence-corrected chi connectivity index (χ1v) is 9.76. The number of hydrogen-bond acceptors (Lipinski definition) is 5. The average Bonchev–Trinajstić information content (AvgIpc) is 2.77. The van der Waals surface area contributed by atoms with Crippen molar-refractivity contribution in [2.75, 3.05) is 5.32 Å². The van der Waals surface area contributed by atoms with E-state index in [4.69, 9.17) is 5.73 Å². The molecular weight excluding hydrogens is 414 g/mol. The molecule has 0 radical (unpaired) electrons. The standard InChI is InChI=1S/C24H18F2N4O2/c25-16-7-8-17(20(26)11-16)21(31)10-14-3-1-4-15(9-14)12-28-24-19-6-2-5-18(23(27)32)22(19)29-13-30-24/h1-9,11,13H,10,12H2,(H2,27,32)(H,28,29,30). The first kappa shape index (κ1) is 21.0. The van der Waals surface area contributed by atoms with Gasteiger partial charge in [0.1, 0.15) is 23.8 Å². The lowest BCUT2D eigenvalue weighted by molar-refractivity contribution is 0.0984. The Kier molecular flexibility index (Phi) is 5.85. The van der Waals surface area contributed by atoms with Crippen LogP contribution in [0.1, 0.15) is 31.8 Å².